The van der Waals surface area contributed by atoms with Crippen LogP contribution in [0.3, 0.4) is 0 Å². The Morgan fingerprint density at radius 3 is 2.10 bits per heavy atom. The Hall–Kier alpha value is -0.471. The summed E-state index contributed by atoms with van der Waals surface area (Å²) >= 11 is 3.23. The molecule has 10 heavy (non-hydrogen) atoms. The number of carbonyl (C=O) groups is 2. The van der Waals surface area contributed by atoms with Gasteiger partial charge in [-0.3, -0.25) is 0 Å². The fourth-order valence-electron chi connectivity index (χ4n) is 0.342. The summed E-state index contributed by atoms with van der Waals surface area (Å²) in [6, 6.07) is 0. The second-order valence-corrected chi connectivity index (χ2v) is 2.48. The van der Waals surface area contributed by atoms with Gasteiger partial charge in [-0.15, -0.1) is 0 Å². The molecule has 0 aliphatic carbocycles. The van der Waals surface area contributed by atoms with Crippen LogP contribution in [0.2, 0.25) is 0 Å². The summed E-state index contributed by atoms with van der Waals surface area (Å²) in [5.74, 6) is -2.69. The molecule has 4 heteroatoms. The Balaban J connectivity index is 4.22. The van der Waals surface area contributed by atoms with E-state index in [1.165, 1.54) is 6.92 Å². The van der Waals surface area contributed by atoms with E-state index >= 15 is 0 Å². The third-order valence-corrected chi connectivity index (χ3v) is 1.30. The fourth-order valence-corrected chi connectivity index (χ4v) is 0.581. The third-order valence-electron chi connectivity index (χ3n) is 1.03. The Morgan fingerprint density at radius 1 is 1.60 bits per heavy atom. The average Bonchev–Trinajstić information content (AvgIpc) is 1.84. The van der Waals surface area contributed by atoms with Gasteiger partial charge in [0.25, 0.3) is 0 Å². The molecule has 0 aliphatic rings. The first-order valence-electron chi connectivity index (χ1n) is 2.57. The van der Waals surface area contributed by atoms with E-state index in [0.717, 1.165) is 0 Å². The van der Waals surface area contributed by atoms with Crippen LogP contribution in [0, 0.1) is 12.8 Å². The number of ketones is 1. The summed E-state index contributed by atoms with van der Waals surface area (Å²) < 4.78 is 0.0369. The second-order valence-electron chi connectivity index (χ2n) is 1.81. The van der Waals surface area contributed by atoms with Gasteiger partial charge in [0, 0.05) is 0 Å². The first-order valence-corrected chi connectivity index (χ1v) is 3.12. The van der Waals surface area contributed by atoms with E-state index in [4.69, 9.17) is 5.11 Å². The molecular weight excluding hydrogens is 176 g/mol. The molecule has 0 bridgehead atoms. The molecule has 3 nitrogen and oxygen atoms in total. The van der Waals surface area contributed by atoms with Crippen molar-refractivity contribution in [1.82, 2.24) is 0 Å². The van der Waals surface area contributed by atoms with Crippen LogP contribution in [0.4, 0.5) is 0 Å². The van der Waals surface area contributed by atoms with E-state index in [9.17, 15) is 9.59 Å². The van der Waals surface area contributed by atoms with Crippen molar-refractivity contribution in [2.24, 2.45) is 5.92 Å². The van der Waals surface area contributed by atoms with E-state index in [2.05, 4.69) is 22.5 Å². The molecule has 0 radical (unpaired) electrons. The molecule has 1 atom stereocenters. The van der Waals surface area contributed by atoms with Crippen LogP contribution in [0.15, 0.2) is 0 Å². The number of Topliss-reactive ketones (excluding diaryl/α,β-unsaturated/α-hetero) is 1. The molecule has 1 unspecified atom stereocenters. The van der Waals surface area contributed by atoms with Gasteiger partial charge in [0.1, 0.15) is 0 Å². The van der Waals surface area contributed by atoms with Gasteiger partial charge in [0.05, 0.1) is 0 Å². The van der Waals surface area contributed by atoms with Gasteiger partial charge in [-0.05, 0) is 0 Å². The number of aliphatic carboxylic acids is 1. The van der Waals surface area contributed by atoms with Crippen molar-refractivity contribution >= 4 is 16.2 Å². The third kappa shape index (κ3) is 2.41. The zero-order valence-electron chi connectivity index (χ0n) is 5.40. The number of carboxylic acid groups (broad SMARTS) is 1. The van der Waals surface area contributed by atoms with Gasteiger partial charge in [-0.1, -0.05) is 0 Å². The molecule has 0 spiro atoms. The Labute approximate surface area is 66.8 Å². The molecule has 0 aliphatic heterocycles. The van der Waals surface area contributed by atoms with Crippen LogP contribution in [0.1, 0.15) is 6.92 Å². The fraction of sp³-hybridized carbons (Fsp3) is 0.333. The summed E-state index contributed by atoms with van der Waals surface area (Å²) in [6.45, 7) is 4.54. The van der Waals surface area contributed by atoms with Crippen LogP contribution in [-0.4, -0.2) is 21.3 Å². The molecule has 0 amide bonds. The van der Waals surface area contributed by atoms with E-state index in [1.54, 1.807) is 0 Å². The number of rotatable bonds is 3. The van der Waals surface area contributed by atoms with E-state index < -0.39 is 17.7 Å². The second kappa shape index (κ2) is 3.64. The Morgan fingerprint density at radius 2 is 2.00 bits per heavy atom. The number of carboxylic acids is 1. The SMILES string of the molecule is [CH2-][C](=[Fe+])C(=O)C(C)C(=O)O. The van der Waals surface area contributed by atoms with Crippen LogP contribution >= 0.6 is 0 Å². The maximum absolute atomic E-state index is 10.7. The molecule has 0 aromatic rings. The van der Waals surface area contributed by atoms with E-state index in [-0.39, 0.29) is 4.42 Å². The normalized spacial score (nSPS) is 12.2. The van der Waals surface area contributed by atoms with Gasteiger partial charge in [-0.2, -0.15) is 0 Å². The first kappa shape index (κ1) is 9.53. The molecule has 0 saturated heterocycles. The molecule has 0 fully saturated rings. The zero-order chi connectivity index (χ0) is 8.31. The van der Waals surface area contributed by atoms with Crippen molar-refractivity contribution in [2.45, 2.75) is 6.92 Å². The Kier molecular flexibility index (Phi) is 3.47. The van der Waals surface area contributed by atoms with Crippen LogP contribution in [-0.2, 0) is 25.2 Å². The minimum atomic E-state index is -1.14. The summed E-state index contributed by atoms with van der Waals surface area (Å²) in [4.78, 5) is 20.9. The molecular formula is C6H7FeO3. The zero-order valence-corrected chi connectivity index (χ0v) is 6.51. The van der Waals surface area contributed by atoms with Crippen LogP contribution < -0.4 is 0 Å². The van der Waals surface area contributed by atoms with Crippen molar-refractivity contribution in [2.75, 3.05) is 0 Å². The van der Waals surface area contributed by atoms with Crippen molar-refractivity contribution in [3.8, 4) is 0 Å². The van der Waals surface area contributed by atoms with Crippen LogP contribution in [0.5, 0.6) is 0 Å². The summed E-state index contributed by atoms with van der Waals surface area (Å²) in [5, 5.41) is 8.31. The molecule has 0 saturated carbocycles. The molecule has 0 aromatic carbocycles. The van der Waals surface area contributed by atoms with Gasteiger partial charge in [0.15, 0.2) is 0 Å². The van der Waals surface area contributed by atoms with Crippen molar-refractivity contribution < 1.29 is 30.3 Å². The number of carbonyl (C=O) groups excluding carboxylic acids is 1. The first-order chi connectivity index (χ1) is 4.46. The van der Waals surface area contributed by atoms with Gasteiger partial charge < -0.3 is 0 Å². The summed E-state index contributed by atoms with van der Waals surface area (Å²) in [6.07, 6.45) is 0. The van der Waals surface area contributed by atoms with E-state index in [0.29, 0.717) is 0 Å². The van der Waals surface area contributed by atoms with Crippen molar-refractivity contribution in [1.29, 1.82) is 0 Å². The number of hydrogen-bond donors (Lipinski definition) is 1. The standard InChI is InChI=1S/C6H7O3.Fe/c1-3-5(7)4(2)6(8)9;/h4H,1H2,2H3,(H,8,9);/q-1;+1. The Bertz CT molecular complexity index is 185. The number of hydrogen-bond acceptors (Lipinski definition) is 2. The van der Waals surface area contributed by atoms with Gasteiger partial charge >= 0.3 is 66.2 Å². The summed E-state index contributed by atoms with van der Waals surface area (Å²) in [7, 11) is 0. The van der Waals surface area contributed by atoms with E-state index in [1.807, 2.05) is 0 Å². The molecule has 0 aromatic heterocycles. The molecule has 0 rings (SSSR count). The molecule has 1 N–H and O–H groups in total. The summed E-state index contributed by atoms with van der Waals surface area (Å²) in [5.41, 5.74) is 0. The molecule has 57 valence electrons. The minimum absolute atomic E-state index is 0.0369. The van der Waals surface area contributed by atoms with Crippen LogP contribution in [0.25, 0.3) is 0 Å². The molecule has 0 heterocycles. The quantitative estimate of drug-likeness (QED) is 0.375. The monoisotopic (exact) mass is 183 g/mol. The van der Waals surface area contributed by atoms with Gasteiger partial charge in [0.2, 0.25) is 0 Å². The predicted octanol–water partition coefficient (Wildman–Crippen LogP) is -0.171. The predicted molar refractivity (Wildman–Crippen MR) is 32.2 cm³/mol. The maximum atomic E-state index is 10.7. The average molecular weight is 183 g/mol. The van der Waals surface area contributed by atoms with Gasteiger partial charge in [-0.25, -0.2) is 0 Å². The van der Waals surface area contributed by atoms with Crippen molar-refractivity contribution in [3.05, 3.63) is 6.92 Å². The topological polar surface area (TPSA) is 54.4 Å². The van der Waals surface area contributed by atoms with Crippen molar-refractivity contribution in [3.63, 3.8) is 0 Å².